The first-order chi connectivity index (χ1) is 9.35. The topological polar surface area (TPSA) is 24.9 Å². The van der Waals surface area contributed by atoms with Crippen molar-refractivity contribution in [3.8, 4) is 0 Å². The first-order valence-electron chi connectivity index (χ1n) is 8.11. The van der Waals surface area contributed by atoms with E-state index in [4.69, 9.17) is 9.47 Å². The lowest BCUT2D eigenvalue weighted by Crippen LogP contribution is -2.53. The van der Waals surface area contributed by atoms with Crippen LogP contribution < -0.4 is 0 Å². The number of piperazine rings is 1. The van der Waals surface area contributed by atoms with E-state index in [1.807, 2.05) is 0 Å². The molecule has 1 spiro atoms. The molecular formula is C15H26N2O2. The summed E-state index contributed by atoms with van der Waals surface area (Å²) in [6.45, 7) is 6.72. The highest BCUT2D eigenvalue weighted by Gasteiger charge is 2.42. The largest absolute Gasteiger partial charge is 0.348 e. The molecule has 0 aromatic carbocycles. The third-order valence-electron chi connectivity index (χ3n) is 5.46. The fourth-order valence-electron chi connectivity index (χ4n) is 4.10. The lowest BCUT2D eigenvalue weighted by Gasteiger charge is -2.44. The molecule has 0 unspecified atom stereocenters. The van der Waals surface area contributed by atoms with Crippen molar-refractivity contribution in [2.45, 2.75) is 56.4 Å². The van der Waals surface area contributed by atoms with Gasteiger partial charge in [-0.3, -0.25) is 9.80 Å². The molecule has 2 aliphatic heterocycles. The molecule has 0 N–H and O–H groups in total. The minimum Gasteiger partial charge on any atom is -0.348 e. The Morgan fingerprint density at radius 3 is 1.63 bits per heavy atom. The molecule has 0 bridgehead atoms. The predicted molar refractivity (Wildman–Crippen MR) is 73.1 cm³/mol. The molecule has 4 aliphatic rings. The minimum absolute atomic E-state index is 0.188. The maximum absolute atomic E-state index is 5.82. The van der Waals surface area contributed by atoms with Gasteiger partial charge in [-0.1, -0.05) is 0 Å². The van der Waals surface area contributed by atoms with Crippen molar-refractivity contribution in [1.82, 2.24) is 9.80 Å². The SMILES string of the molecule is C1COC2(CCC(N3CCN(C4CC4)CC3)CC2)O1. The Morgan fingerprint density at radius 2 is 1.16 bits per heavy atom. The highest BCUT2D eigenvalue weighted by atomic mass is 16.7. The van der Waals surface area contributed by atoms with Crippen LogP contribution in [0.4, 0.5) is 0 Å². The van der Waals surface area contributed by atoms with E-state index in [0.29, 0.717) is 0 Å². The summed E-state index contributed by atoms with van der Waals surface area (Å²) in [5.41, 5.74) is 0. The first kappa shape index (κ1) is 12.6. The smallest absolute Gasteiger partial charge is 0.168 e. The van der Waals surface area contributed by atoms with Crippen LogP contribution >= 0.6 is 0 Å². The summed E-state index contributed by atoms with van der Waals surface area (Å²) in [5.74, 6) is -0.188. The van der Waals surface area contributed by atoms with E-state index in [9.17, 15) is 0 Å². The van der Waals surface area contributed by atoms with Crippen molar-refractivity contribution in [3.63, 3.8) is 0 Å². The van der Waals surface area contributed by atoms with Gasteiger partial charge in [0, 0.05) is 51.1 Å². The van der Waals surface area contributed by atoms with Crippen LogP contribution in [-0.4, -0.2) is 67.1 Å². The fraction of sp³-hybridized carbons (Fsp3) is 1.00. The summed E-state index contributed by atoms with van der Waals surface area (Å²) >= 11 is 0. The standard InChI is InChI=1S/C15H26N2O2/c1-2-13(1)16-7-9-17(10-8-16)14-3-5-15(6-4-14)18-11-12-19-15/h13-14H,1-12H2. The lowest BCUT2D eigenvalue weighted by molar-refractivity contribution is -0.184. The van der Waals surface area contributed by atoms with Gasteiger partial charge in [-0.15, -0.1) is 0 Å². The van der Waals surface area contributed by atoms with Gasteiger partial charge in [0.2, 0.25) is 0 Å². The monoisotopic (exact) mass is 266 g/mol. The van der Waals surface area contributed by atoms with Crippen LogP contribution in [0.2, 0.25) is 0 Å². The molecule has 4 nitrogen and oxygen atoms in total. The van der Waals surface area contributed by atoms with Gasteiger partial charge < -0.3 is 9.47 Å². The highest BCUT2D eigenvalue weighted by Crippen LogP contribution is 2.37. The van der Waals surface area contributed by atoms with E-state index < -0.39 is 0 Å². The van der Waals surface area contributed by atoms with Gasteiger partial charge in [-0.05, 0) is 25.7 Å². The molecule has 0 radical (unpaired) electrons. The van der Waals surface area contributed by atoms with Crippen LogP contribution in [-0.2, 0) is 9.47 Å². The number of nitrogens with zero attached hydrogens (tertiary/aromatic N) is 2. The maximum atomic E-state index is 5.82. The number of ether oxygens (including phenoxy) is 2. The van der Waals surface area contributed by atoms with Crippen molar-refractivity contribution in [1.29, 1.82) is 0 Å². The van der Waals surface area contributed by atoms with Gasteiger partial charge in [-0.25, -0.2) is 0 Å². The zero-order valence-electron chi connectivity index (χ0n) is 11.9. The van der Waals surface area contributed by atoms with E-state index in [1.165, 1.54) is 51.9 Å². The van der Waals surface area contributed by atoms with Crippen LogP contribution in [0.5, 0.6) is 0 Å². The van der Waals surface area contributed by atoms with Gasteiger partial charge in [0.15, 0.2) is 5.79 Å². The third kappa shape index (κ3) is 2.56. The van der Waals surface area contributed by atoms with Gasteiger partial charge in [0.1, 0.15) is 0 Å². The van der Waals surface area contributed by atoms with Crippen LogP contribution in [0, 0.1) is 0 Å². The van der Waals surface area contributed by atoms with E-state index >= 15 is 0 Å². The summed E-state index contributed by atoms with van der Waals surface area (Å²) < 4.78 is 11.6. The van der Waals surface area contributed by atoms with Crippen molar-refractivity contribution < 1.29 is 9.47 Å². The van der Waals surface area contributed by atoms with Gasteiger partial charge in [-0.2, -0.15) is 0 Å². The van der Waals surface area contributed by atoms with Crippen LogP contribution in [0.15, 0.2) is 0 Å². The molecule has 4 heteroatoms. The Bertz CT molecular complexity index is 308. The molecule has 2 heterocycles. The van der Waals surface area contributed by atoms with Crippen LogP contribution in [0.25, 0.3) is 0 Å². The van der Waals surface area contributed by atoms with Crippen molar-refractivity contribution in [3.05, 3.63) is 0 Å². The molecule has 4 rings (SSSR count). The molecule has 0 aromatic heterocycles. The number of rotatable bonds is 2. The highest BCUT2D eigenvalue weighted by molar-refractivity contribution is 4.91. The fourth-order valence-corrected chi connectivity index (χ4v) is 4.10. The average Bonchev–Trinajstić information content (AvgIpc) is 3.22. The van der Waals surface area contributed by atoms with Gasteiger partial charge in [0.25, 0.3) is 0 Å². The van der Waals surface area contributed by atoms with Gasteiger partial charge in [0.05, 0.1) is 13.2 Å². The summed E-state index contributed by atoms with van der Waals surface area (Å²) in [5, 5.41) is 0. The summed E-state index contributed by atoms with van der Waals surface area (Å²) in [4.78, 5) is 5.42. The van der Waals surface area contributed by atoms with Crippen molar-refractivity contribution in [2.24, 2.45) is 0 Å². The second-order valence-corrected chi connectivity index (χ2v) is 6.64. The van der Waals surface area contributed by atoms with E-state index in [-0.39, 0.29) is 5.79 Å². The lowest BCUT2D eigenvalue weighted by atomic mass is 9.89. The second kappa shape index (κ2) is 4.99. The normalized spacial score (nSPS) is 34.1. The molecule has 4 fully saturated rings. The molecule has 2 aliphatic carbocycles. The Balaban J connectivity index is 1.27. The van der Waals surface area contributed by atoms with E-state index in [2.05, 4.69) is 9.80 Å². The number of hydrogen-bond donors (Lipinski definition) is 0. The molecule has 19 heavy (non-hydrogen) atoms. The first-order valence-corrected chi connectivity index (χ1v) is 8.11. The molecule has 0 aromatic rings. The minimum atomic E-state index is -0.188. The average molecular weight is 266 g/mol. The summed E-state index contributed by atoms with van der Waals surface area (Å²) in [7, 11) is 0. The molecule has 108 valence electrons. The third-order valence-corrected chi connectivity index (χ3v) is 5.46. The van der Waals surface area contributed by atoms with E-state index in [0.717, 1.165) is 38.1 Å². The van der Waals surface area contributed by atoms with Crippen molar-refractivity contribution >= 4 is 0 Å². The zero-order valence-corrected chi connectivity index (χ0v) is 11.9. The van der Waals surface area contributed by atoms with E-state index in [1.54, 1.807) is 0 Å². The summed E-state index contributed by atoms with van der Waals surface area (Å²) in [6, 6.07) is 1.72. The molecule has 2 saturated heterocycles. The molecule has 2 saturated carbocycles. The Hall–Kier alpha value is -0.160. The predicted octanol–water partition coefficient (Wildman–Crippen LogP) is 1.45. The molecular weight excluding hydrogens is 240 g/mol. The van der Waals surface area contributed by atoms with Crippen LogP contribution in [0.3, 0.4) is 0 Å². The second-order valence-electron chi connectivity index (χ2n) is 6.64. The number of hydrogen-bond acceptors (Lipinski definition) is 4. The quantitative estimate of drug-likeness (QED) is 0.755. The van der Waals surface area contributed by atoms with Gasteiger partial charge >= 0.3 is 0 Å². The summed E-state index contributed by atoms with van der Waals surface area (Å²) in [6.07, 6.45) is 7.59. The molecule has 0 atom stereocenters. The Morgan fingerprint density at radius 1 is 0.684 bits per heavy atom. The molecule has 0 amide bonds. The Labute approximate surface area is 116 Å². The van der Waals surface area contributed by atoms with Crippen LogP contribution in [0.1, 0.15) is 38.5 Å². The Kier molecular flexibility index (Phi) is 3.30. The zero-order chi connectivity index (χ0) is 12.7. The maximum Gasteiger partial charge on any atom is 0.168 e. The van der Waals surface area contributed by atoms with Crippen molar-refractivity contribution in [2.75, 3.05) is 39.4 Å².